The Hall–Kier alpha value is -1.82. The molecule has 0 spiro atoms. The number of hydrogen-bond donors (Lipinski definition) is 0. The van der Waals surface area contributed by atoms with Gasteiger partial charge in [0.25, 0.3) is 0 Å². The Morgan fingerprint density at radius 1 is 1.27 bits per heavy atom. The molecular weight excluding hydrogens is 352 g/mol. The highest BCUT2D eigenvalue weighted by molar-refractivity contribution is 6.36. The van der Waals surface area contributed by atoms with Crippen molar-refractivity contribution in [2.75, 3.05) is 46.6 Å². The Balaban J connectivity index is 1.82. The molecular formula is C20H25ClN2O3. The van der Waals surface area contributed by atoms with Crippen molar-refractivity contribution in [1.29, 1.82) is 0 Å². The Morgan fingerprint density at radius 3 is 2.73 bits per heavy atom. The largest absolute Gasteiger partial charge is 0.496 e. The highest BCUT2D eigenvalue weighted by Crippen LogP contribution is 2.36. The summed E-state index contributed by atoms with van der Waals surface area (Å²) in [4.78, 5) is 7.01. The van der Waals surface area contributed by atoms with Crippen molar-refractivity contribution in [2.45, 2.75) is 13.8 Å². The fourth-order valence-corrected chi connectivity index (χ4v) is 3.25. The summed E-state index contributed by atoms with van der Waals surface area (Å²) >= 11 is 6.60. The number of methoxy groups -OCH3 is 1. The summed E-state index contributed by atoms with van der Waals surface area (Å²) in [5, 5.41) is 1.40. The van der Waals surface area contributed by atoms with E-state index in [0.717, 1.165) is 55.3 Å². The van der Waals surface area contributed by atoms with Gasteiger partial charge >= 0.3 is 0 Å². The smallest absolute Gasteiger partial charge is 0.140 e. The van der Waals surface area contributed by atoms with Gasteiger partial charge in [0.05, 0.1) is 31.5 Å². The van der Waals surface area contributed by atoms with E-state index < -0.39 is 0 Å². The molecule has 0 unspecified atom stereocenters. The lowest BCUT2D eigenvalue weighted by atomic mass is 10.1. The van der Waals surface area contributed by atoms with Crippen LogP contribution in [0, 0.1) is 0 Å². The average Bonchev–Trinajstić information content (AvgIpc) is 2.64. The van der Waals surface area contributed by atoms with Crippen LogP contribution in [0.1, 0.15) is 19.5 Å². The molecule has 1 saturated heterocycles. The molecule has 0 aliphatic carbocycles. The maximum Gasteiger partial charge on any atom is 0.140 e. The molecule has 0 saturated carbocycles. The first kappa shape index (κ1) is 19.0. The molecule has 3 rings (SSSR count). The van der Waals surface area contributed by atoms with Gasteiger partial charge in [-0.25, -0.2) is 4.98 Å². The van der Waals surface area contributed by atoms with Crippen LogP contribution in [0.25, 0.3) is 17.0 Å². The molecule has 1 aliphatic rings. The van der Waals surface area contributed by atoms with Crippen LogP contribution >= 0.6 is 11.6 Å². The third-order valence-electron chi connectivity index (χ3n) is 4.29. The molecule has 0 amide bonds. The molecule has 5 nitrogen and oxygen atoms in total. The van der Waals surface area contributed by atoms with E-state index in [1.54, 1.807) is 7.11 Å². The van der Waals surface area contributed by atoms with Crippen molar-refractivity contribution in [3.63, 3.8) is 0 Å². The summed E-state index contributed by atoms with van der Waals surface area (Å²) < 4.78 is 16.8. The highest BCUT2D eigenvalue weighted by atomic mass is 35.5. The Bertz CT molecular complexity index is 797. The van der Waals surface area contributed by atoms with Crippen LogP contribution in [0.4, 0.5) is 0 Å². The normalized spacial score (nSPS) is 15.1. The summed E-state index contributed by atoms with van der Waals surface area (Å²) in [5.41, 5.74) is 2.68. The van der Waals surface area contributed by atoms with Crippen molar-refractivity contribution < 1.29 is 14.2 Å². The van der Waals surface area contributed by atoms with E-state index in [4.69, 9.17) is 25.8 Å². The van der Waals surface area contributed by atoms with Crippen molar-refractivity contribution in [3.05, 3.63) is 34.5 Å². The molecule has 2 aromatic rings. The summed E-state index contributed by atoms with van der Waals surface area (Å²) in [7, 11) is 1.65. The van der Waals surface area contributed by atoms with Gasteiger partial charge in [0.2, 0.25) is 0 Å². The van der Waals surface area contributed by atoms with Crippen LogP contribution in [0.5, 0.6) is 11.5 Å². The second kappa shape index (κ2) is 8.71. The molecule has 0 atom stereocenters. The van der Waals surface area contributed by atoms with Crippen LogP contribution in [0.2, 0.25) is 5.02 Å². The predicted molar refractivity (Wildman–Crippen MR) is 105 cm³/mol. The van der Waals surface area contributed by atoms with Gasteiger partial charge < -0.3 is 14.2 Å². The topological polar surface area (TPSA) is 43.8 Å². The number of pyridine rings is 1. The van der Waals surface area contributed by atoms with Gasteiger partial charge in [0.1, 0.15) is 23.1 Å². The maximum atomic E-state index is 6.60. The number of allylic oxidation sites excluding steroid dienone is 1. The van der Waals surface area contributed by atoms with Crippen molar-refractivity contribution in [1.82, 2.24) is 9.88 Å². The Labute approximate surface area is 159 Å². The maximum absolute atomic E-state index is 6.60. The van der Waals surface area contributed by atoms with Crippen molar-refractivity contribution in [3.8, 4) is 11.5 Å². The van der Waals surface area contributed by atoms with Gasteiger partial charge in [-0.3, -0.25) is 4.90 Å². The number of halogens is 1. The lowest BCUT2D eigenvalue weighted by Crippen LogP contribution is -2.38. The van der Waals surface area contributed by atoms with E-state index in [1.165, 1.54) is 0 Å². The molecule has 1 aromatic carbocycles. The number of benzene rings is 1. The zero-order valence-electron chi connectivity index (χ0n) is 15.5. The molecule has 0 radical (unpaired) electrons. The summed E-state index contributed by atoms with van der Waals surface area (Å²) in [6.07, 6.45) is 2.00. The zero-order valence-corrected chi connectivity index (χ0v) is 16.3. The molecule has 1 fully saturated rings. The summed E-state index contributed by atoms with van der Waals surface area (Å²) in [6.45, 7) is 8.96. The highest BCUT2D eigenvalue weighted by Gasteiger charge is 2.14. The molecule has 0 bridgehead atoms. The number of fused-ring (bicyclic) bond motifs is 1. The van der Waals surface area contributed by atoms with Gasteiger partial charge in [-0.2, -0.15) is 0 Å². The van der Waals surface area contributed by atoms with Crippen LogP contribution in [-0.2, 0) is 4.74 Å². The van der Waals surface area contributed by atoms with Gasteiger partial charge in [0.15, 0.2) is 0 Å². The lowest BCUT2D eigenvalue weighted by molar-refractivity contribution is 0.0322. The molecule has 1 aliphatic heterocycles. The molecule has 26 heavy (non-hydrogen) atoms. The standard InChI is InChI=1S/C20H25ClN2O3/c1-14(2)12-15-13-18(24-3)16-4-5-17(19(21)20(16)22-15)26-11-8-23-6-9-25-10-7-23/h4-5,12-13H,6-11H2,1-3H3. The summed E-state index contributed by atoms with van der Waals surface area (Å²) in [6, 6.07) is 5.75. The van der Waals surface area contributed by atoms with Crippen molar-refractivity contribution >= 4 is 28.6 Å². The number of hydrogen-bond acceptors (Lipinski definition) is 5. The minimum absolute atomic E-state index is 0.520. The summed E-state index contributed by atoms with van der Waals surface area (Å²) in [5.74, 6) is 1.40. The van der Waals surface area contributed by atoms with E-state index in [9.17, 15) is 0 Å². The van der Waals surface area contributed by atoms with Gasteiger partial charge in [-0.1, -0.05) is 17.2 Å². The fourth-order valence-electron chi connectivity index (χ4n) is 2.99. The Morgan fingerprint density at radius 2 is 2.04 bits per heavy atom. The fraction of sp³-hybridized carbons (Fsp3) is 0.450. The number of morpholine rings is 1. The third-order valence-corrected chi connectivity index (χ3v) is 4.66. The van der Waals surface area contributed by atoms with Gasteiger partial charge in [-0.05, 0) is 32.1 Å². The second-order valence-corrected chi connectivity index (χ2v) is 6.93. The number of rotatable bonds is 6. The first-order valence-electron chi connectivity index (χ1n) is 8.83. The van der Waals surface area contributed by atoms with Crippen LogP contribution in [0.15, 0.2) is 23.8 Å². The monoisotopic (exact) mass is 376 g/mol. The molecule has 140 valence electrons. The average molecular weight is 377 g/mol. The molecule has 6 heteroatoms. The molecule has 0 N–H and O–H groups in total. The predicted octanol–water partition coefficient (Wildman–Crippen LogP) is 4.03. The number of ether oxygens (including phenoxy) is 3. The first-order valence-corrected chi connectivity index (χ1v) is 9.21. The quantitative estimate of drug-likeness (QED) is 0.761. The minimum atomic E-state index is 0.520. The third kappa shape index (κ3) is 4.47. The SMILES string of the molecule is COc1cc(C=C(C)C)nc2c(Cl)c(OCCN3CCOCC3)ccc12. The number of aromatic nitrogens is 1. The van der Waals surface area contributed by atoms with E-state index in [2.05, 4.69) is 9.88 Å². The minimum Gasteiger partial charge on any atom is -0.496 e. The van der Waals surface area contributed by atoms with Crippen molar-refractivity contribution in [2.24, 2.45) is 0 Å². The Kier molecular flexibility index (Phi) is 6.35. The molecule has 2 heterocycles. The van der Waals surface area contributed by atoms with E-state index in [0.29, 0.717) is 22.9 Å². The first-order chi connectivity index (χ1) is 12.6. The lowest BCUT2D eigenvalue weighted by Gasteiger charge is -2.26. The van der Waals surface area contributed by atoms with E-state index >= 15 is 0 Å². The van der Waals surface area contributed by atoms with Gasteiger partial charge in [0, 0.05) is 31.1 Å². The number of nitrogens with zero attached hydrogens (tertiary/aromatic N) is 2. The van der Waals surface area contributed by atoms with Crippen LogP contribution < -0.4 is 9.47 Å². The van der Waals surface area contributed by atoms with Crippen LogP contribution in [-0.4, -0.2) is 56.4 Å². The van der Waals surface area contributed by atoms with E-state index in [-0.39, 0.29) is 0 Å². The van der Waals surface area contributed by atoms with E-state index in [1.807, 2.05) is 38.1 Å². The van der Waals surface area contributed by atoms with Crippen LogP contribution in [0.3, 0.4) is 0 Å². The zero-order chi connectivity index (χ0) is 18.5. The van der Waals surface area contributed by atoms with Gasteiger partial charge in [-0.15, -0.1) is 0 Å². The second-order valence-electron chi connectivity index (χ2n) is 6.55. The molecule has 1 aromatic heterocycles.